The van der Waals surface area contributed by atoms with E-state index in [4.69, 9.17) is 5.73 Å². The highest BCUT2D eigenvalue weighted by Gasteiger charge is 1.98. The summed E-state index contributed by atoms with van der Waals surface area (Å²) < 4.78 is 0. The highest BCUT2D eigenvalue weighted by Crippen LogP contribution is 2.10. The summed E-state index contributed by atoms with van der Waals surface area (Å²) in [5, 5.41) is 4.08. The van der Waals surface area contributed by atoms with E-state index in [2.05, 4.69) is 15.3 Å². The van der Waals surface area contributed by atoms with Crippen LogP contribution >= 0.6 is 11.3 Å². The predicted octanol–water partition coefficient (Wildman–Crippen LogP) is 2.06. The van der Waals surface area contributed by atoms with Crippen molar-refractivity contribution in [3.63, 3.8) is 0 Å². The Morgan fingerprint density at radius 3 is 2.83 bits per heavy atom. The fraction of sp³-hybridized carbons (Fsp3) is 0.231. The molecule has 0 aliphatic rings. The monoisotopic (exact) mass is 260 g/mol. The fourth-order valence-corrected chi connectivity index (χ4v) is 2.19. The van der Waals surface area contributed by atoms with Crippen LogP contribution in [0.3, 0.4) is 0 Å². The van der Waals surface area contributed by atoms with E-state index in [1.807, 2.05) is 43.5 Å². The number of hydrogen-bond donors (Lipinski definition) is 2. The lowest BCUT2D eigenvalue weighted by Crippen LogP contribution is -2.31. The molecule has 0 aliphatic heterocycles. The summed E-state index contributed by atoms with van der Waals surface area (Å²) in [6.45, 7) is 3.26. The zero-order valence-corrected chi connectivity index (χ0v) is 11.1. The molecule has 2 aromatic rings. The number of hydrogen-bond acceptors (Lipinski definition) is 3. The van der Waals surface area contributed by atoms with Crippen LogP contribution < -0.4 is 11.1 Å². The molecule has 1 aromatic heterocycles. The van der Waals surface area contributed by atoms with Gasteiger partial charge >= 0.3 is 0 Å². The molecule has 4 nitrogen and oxygen atoms in total. The van der Waals surface area contributed by atoms with Gasteiger partial charge in [0.2, 0.25) is 0 Å². The van der Waals surface area contributed by atoms with Crippen LogP contribution in [0.15, 0.2) is 41.5 Å². The number of aromatic nitrogens is 1. The van der Waals surface area contributed by atoms with Crippen molar-refractivity contribution < 1.29 is 0 Å². The molecule has 0 saturated heterocycles. The third kappa shape index (κ3) is 3.85. The van der Waals surface area contributed by atoms with E-state index in [-0.39, 0.29) is 0 Å². The largest absolute Gasteiger partial charge is 0.370 e. The van der Waals surface area contributed by atoms with Gasteiger partial charge in [0.25, 0.3) is 0 Å². The number of nitrogens with two attached hydrogens (primary N) is 1. The smallest absolute Gasteiger partial charge is 0.189 e. The normalized spacial score (nSPS) is 11.5. The Labute approximate surface area is 111 Å². The minimum absolute atomic E-state index is 0.451. The molecule has 0 spiro atoms. The maximum atomic E-state index is 5.79. The lowest BCUT2D eigenvalue weighted by molar-refractivity contribution is 0.875. The molecule has 1 heterocycles. The van der Waals surface area contributed by atoms with Gasteiger partial charge in [0.15, 0.2) is 5.96 Å². The third-order valence-corrected chi connectivity index (χ3v) is 3.28. The molecule has 0 amide bonds. The van der Waals surface area contributed by atoms with E-state index in [0.29, 0.717) is 19.0 Å². The van der Waals surface area contributed by atoms with Crippen LogP contribution in [0, 0.1) is 6.92 Å². The van der Waals surface area contributed by atoms with Crippen LogP contribution in [0.25, 0.3) is 0 Å². The first-order valence-corrected chi connectivity index (χ1v) is 6.55. The van der Waals surface area contributed by atoms with Crippen LogP contribution in [0.2, 0.25) is 0 Å². The highest BCUT2D eigenvalue weighted by molar-refractivity contribution is 7.11. The summed E-state index contributed by atoms with van der Waals surface area (Å²) in [6.07, 6.45) is 1.86. The molecule has 0 fully saturated rings. The van der Waals surface area contributed by atoms with E-state index in [1.54, 1.807) is 11.3 Å². The van der Waals surface area contributed by atoms with Crippen molar-refractivity contribution in [3.05, 3.63) is 52.0 Å². The summed E-state index contributed by atoms with van der Waals surface area (Å²) >= 11 is 1.66. The number of thiazole rings is 1. The molecule has 94 valence electrons. The molecule has 0 unspecified atom stereocenters. The molecule has 3 N–H and O–H groups in total. The number of benzene rings is 1. The van der Waals surface area contributed by atoms with Crippen molar-refractivity contribution in [1.82, 2.24) is 10.3 Å². The van der Waals surface area contributed by atoms with Gasteiger partial charge < -0.3 is 11.1 Å². The average molecular weight is 260 g/mol. The molecule has 0 radical (unpaired) electrons. The molecule has 0 saturated carbocycles. The Hall–Kier alpha value is -1.88. The third-order valence-electron chi connectivity index (χ3n) is 2.36. The summed E-state index contributed by atoms with van der Waals surface area (Å²) in [7, 11) is 0. The fourth-order valence-electron chi connectivity index (χ4n) is 1.47. The lowest BCUT2D eigenvalue weighted by atomic mass is 10.2. The highest BCUT2D eigenvalue weighted by atomic mass is 32.1. The summed E-state index contributed by atoms with van der Waals surface area (Å²) in [4.78, 5) is 9.73. The second kappa shape index (κ2) is 6.16. The van der Waals surface area contributed by atoms with Crippen molar-refractivity contribution in [2.24, 2.45) is 10.7 Å². The average Bonchev–Trinajstić information content (AvgIpc) is 2.81. The van der Waals surface area contributed by atoms with Crippen molar-refractivity contribution in [1.29, 1.82) is 0 Å². The molecular weight excluding hydrogens is 244 g/mol. The lowest BCUT2D eigenvalue weighted by Gasteiger charge is -2.03. The molecular formula is C13H16N4S. The van der Waals surface area contributed by atoms with Crippen molar-refractivity contribution in [2.45, 2.75) is 20.0 Å². The van der Waals surface area contributed by atoms with Gasteiger partial charge in [-0.25, -0.2) is 9.98 Å². The van der Waals surface area contributed by atoms with Gasteiger partial charge in [-0.15, -0.1) is 11.3 Å². The number of aliphatic imine (C=N–C) groups is 1. The number of nitrogens with one attached hydrogen (secondary N) is 1. The quantitative estimate of drug-likeness (QED) is 0.653. The maximum absolute atomic E-state index is 5.79. The molecule has 0 bridgehead atoms. The van der Waals surface area contributed by atoms with Gasteiger partial charge in [0.05, 0.1) is 13.1 Å². The molecule has 1 aromatic carbocycles. The molecule has 0 aliphatic carbocycles. The van der Waals surface area contributed by atoms with Crippen LogP contribution in [0.1, 0.15) is 15.4 Å². The number of aryl methyl sites for hydroxylation is 1. The van der Waals surface area contributed by atoms with Gasteiger partial charge in [0.1, 0.15) is 5.01 Å². The Morgan fingerprint density at radius 1 is 1.39 bits per heavy atom. The first-order valence-electron chi connectivity index (χ1n) is 5.73. The molecule has 0 atom stereocenters. The number of guanidine groups is 1. The minimum atomic E-state index is 0.451. The SMILES string of the molecule is Cc1cnc(CNC(N)=NCc2ccccc2)s1. The van der Waals surface area contributed by atoms with E-state index in [0.717, 1.165) is 10.6 Å². The molecule has 2 rings (SSSR count). The number of rotatable bonds is 4. The first-order chi connectivity index (χ1) is 8.74. The van der Waals surface area contributed by atoms with E-state index < -0.39 is 0 Å². The minimum Gasteiger partial charge on any atom is -0.370 e. The maximum Gasteiger partial charge on any atom is 0.189 e. The molecule has 18 heavy (non-hydrogen) atoms. The molecule has 5 heteroatoms. The summed E-state index contributed by atoms with van der Waals surface area (Å²) in [6, 6.07) is 10.0. The predicted molar refractivity (Wildman–Crippen MR) is 75.5 cm³/mol. The topological polar surface area (TPSA) is 63.3 Å². The first kappa shape index (κ1) is 12.6. The number of nitrogens with zero attached hydrogens (tertiary/aromatic N) is 2. The zero-order valence-electron chi connectivity index (χ0n) is 10.3. The van der Waals surface area contributed by atoms with Crippen molar-refractivity contribution in [2.75, 3.05) is 0 Å². The van der Waals surface area contributed by atoms with Gasteiger partial charge in [-0.05, 0) is 12.5 Å². The Balaban J connectivity index is 1.82. The second-order valence-corrected chi connectivity index (χ2v) is 5.22. The van der Waals surface area contributed by atoms with Crippen LogP contribution in [-0.4, -0.2) is 10.9 Å². The van der Waals surface area contributed by atoms with Gasteiger partial charge in [0, 0.05) is 11.1 Å². The Morgan fingerprint density at radius 2 is 2.17 bits per heavy atom. The summed E-state index contributed by atoms with van der Waals surface area (Å²) in [5.74, 6) is 0.451. The Bertz CT molecular complexity index is 519. The van der Waals surface area contributed by atoms with E-state index >= 15 is 0 Å². The summed E-state index contributed by atoms with van der Waals surface area (Å²) in [5.41, 5.74) is 6.94. The van der Waals surface area contributed by atoms with E-state index in [1.165, 1.54) is 4.88 Å². The van der Waals surface area contributed by atoms with Crippen molar-refractivity contribution >= 4 is 17.3 Å². The Kier molecular flexibility index (Phi) is 4.30. The van der Waals surface area contributed by atoms with Gasteiger partial charge in [-0.2, -0.15) is 0 Å². The van der Waals surface area contributed by atoms with Crippen LogP contribution in [-0.2, 0) is 13.1 Å². The van der Waals surface area contributed by atoms with Gasteiger partial charge in [-0.3, -0.25) is 0 Å². The zero-order chi connectivity index (χ0) is 12.8. The van der Waals surface area contributed by atoms with Crippen molar-refractivity contribution in [3.8, 4) is 0 Å². The van der Waals surface area contributed by atoms with Crippen LogP contribution in [0.5, 0.6) is 0 Å². The van der Waals surface area contributed by atoms with Gasteiger partial charge in [-0.1, -0.05) is 30.3 Å². The second-order valence-electron chi connectivity index (χ2n) is 3.91. The van der Waals surface area contributed by atoms with E-state index in [9.17, 15) is 0 Å². The standard InChI is InChI=1S/C13H16N4S/c1-10-7-15-12(18-10)9-17-13(14)16-8-11-5-3-2-4-6-11/h2-7H,8-9H2,1H3,(H3,14,16,17). The van der Waals surface area contributed by atoms with Crippen LogP contribution in [0.4, 0.5) is 0 Å².